The van der Waals surface area contributed by atoms with Gasteiger partial charge in [-0.15, -0.1) is 0 Å². The van der Waals surface area contributed by atoms with Gasteiger partial charge in [-0.05, 0) is 12.8 Å². The van der Waals surface area contributed by atoms with Gasteiger partial charge in [0.15, 0.2) is 0 Å². The summed E-state index contributed by atoms with van der Waals surface area (Å²) in [7, 11) is 0. The van der Waals surface area contributed by atoms with Gasteiger partial charge in [-0.25, -0.2) is 4.79 Å². The second-order valence-corrected chi connectivity index (χ2v) is 5.31. The molecule has 6 nitrogen and oxygen atoms in total. The van der Waals surface area contributed by atoms with Gasteiger partial charge in [-0.1, -0.05) is 20.8 Å². The molecule has 1 unspecified atom stereocenters. The van der Waals surface area contributed by atoms with E-state index in [2.05, 4.69) is 0 Å². The van der Waals surface area contributed by atoms with Crippen molar-refractivity contribution in [2.24, 2.45) is 11.8 Å². The summed E-state index contributed by atoms with van der Waals surface area (Å²) in [6, 6.07) is 1.85. The molecule has 0 bridgehead atoms. The van der Waals surface area contributed by atoms with E-state index in [0.29, 0.717) is 25.6 Å². The zero-order valence-corrected chi connectivity index (χ0v) is 12.8. The van der Waals surface area contributed by atoms with Gasteiger partial charge in [0, 0.05) is 26.2 Å². The molecule has 0 aromatic carbocycles. The summed E-state index contributed by atoms with van der Waals surface area (Å²) in [5.74, 6) is -1.22. The van der Waals surface area contributed by atoms with Crippen LogP contribution in [-0.4, -0.2) is 53.1 Å². The number of urea groups is 1. The Morgan fingerprint density at radius 3 is 2.20 bits per heavy atom. The number of amides is 2. The summed E-state index contributed by atoms with van der Waals surface area (Å²) in [5.41, 5.74) is 0. The van der Waals surface area contributed by atoms with Crippen LogP contribution in [0.2, 0.25) is 0 Å². The molecule has 20 heavy (non-hydrogen) atoms. The van der Waals surface area contributed by atoms with Crippen molar-refractivity contribution in [1.82, 2.24) is 9.80 Å². The van der Waals surface area contributed by atoms with Crippen molar-refractivity contribution in [3.05, 3.63) is 0 Å². The summed E-state index contributed by atoms with van der Waals surface area (Å²) >= 11 is 0. The van der Waals surface area contributed by atoms with Gasteiger partial charge in [-0.3, -0.25) is 4.79 Å². The Kier molecular flexibility index (Phi) is 8.37. The number of rotatable bonds is 8. The standard InChI is InChI=1S/C14H25N3O3/c1-5-16(10-12(4)13(18)19)14(20)17(8-6-7-15)9-11(2)3/h11-12H,5-6,8-10H2,1-4H3,(H,18,19). The van der Waals surface area contributed by atoms with Crippen molar-refractivity contribution < 1.29 is 14.7 Å². The maximum Gasteiger partial charge on any atom is 0.320 e. The quantitative estimate of drug-likeness (QED) is 0.738. The highest BCUT2D eigenvalue weighted by atomic mass is 16.4. The number of carbonyl (C=O) groups excluding carboxylic acids is 1. The highest BCUT2D eigenvalue weighted by molar-refractivity contribution is 5.76. The van der Waals surface area contributed by atoms with Crippen LogP contribution >= 0.6 is 0 Å². The van der Waals surface area contributed by atoms with Gasteiger partial charge in [0.1, 0.15) is 0 Å². The van der Waals surface area contributed by atoms with E-state index in [0.717, 1.165) is 0 Å². The van der Waals surface area contributed by atoms with E-state index in [4.69, 9.17) is 10.4 Å². The van der Waals surface area contributed by atoms with Crippen molar-refractivity contribution in [3.8, 4) is 6.07 Å². The summed E-state index contributed by atoms with van der Waals surface area (Å²) in [6.07, 6.45) is 0.282. The number of nitriles is 1. The number of hydrogen-bond acceptors (Lipinski definition) is 3. The SMILES string of the molecule is CCN(CC(C)C(=O)O)C(=O)N(CCC#N)CC(C)C. The Morgan fingerprint density at radius 2 is 1.80 bits per heavy atom. The first-order chi connectivity index (χ1) is 9.33. The molecule has 0 aliphatic rings. The second-order valence-electron chi connectivity index (χ2n) is 5.31. The molecule has 0 spiro atoms. The second kappa shape index (κ2) is 9.18. The minimum Gasteiger partial charge on any atom is -0.481 e. The highest BCUT2D eigenvalue weighted by Crippen LogP contribution is 2.08. The van der Waals surface area contributed by atoms with E-state index in [1.807, 2.05) is 26.8 Å². The monoisotopic (exact) mass is 283 g/mol. The van der Waals surface area contributed by atoms with Gasteiger partial charge in [0.2, 0.25) is 0 Å². The minimum atomic E-state index is -0.913. The molecule has 1 N–H and O–H groups in total. The number of hydrogen-bond donors (Lipinski definition) is 1. The molecular formula is C14H25N3O3. The van der Waals surface area contributed by atoms with Crippen molar-refractivity contribution in [2.45, 2.75) is 34.1 Å². The van der Waals surface area contributed by atoms with Crippen LogP contribution in [0.4, 0.5) is 4.79 Å². The zero-order chi connectivity index (χ0) is 15.7. The Labute approximate surface area is 121 Å². The molecule has 0 radical (unpaired) electrons. The van der Waals surface area contributed by atoms with E-state index < -0.39 is 11.9 Å². The maximum atomic E-state index is 12.4. The third-order valence-corrected chi connectivity index (χ3v) is 2.92. The highest BCUT2D eigenvalue weighted by Gasteiger charge is 2.24. The molecule has 0 saturated carbocycles. The summed E-state index contributed by atoms with van der Waals surface area (Å²) in [4.78, 5) is 26.5. The number of carboxylic acids is 1. The largest absolute Gasteiger partial charge is 0.481 e. The number of carboxylic acid groups (broad SMARTS) is 1. The predicted molar refractivity (Wildman–Crippen MR) is 76.1 cm³/mol. The van der Waals surface area contributed by atoms with Crippen molar-refractivity contribution in [3.63, 3.8) is 0 Å². The first-order valence-corrected chi connectivity index (χ1v) is 6.97. The Hall–Kier alpha value is -1.77. The molecule has 2 amide bonds. The van der Waals surface area contributed by atoms with Crippen LogP contribution in [0.15, 0.2) is 0 Å². The van der Waals surface area contributed by atoms with E-state index in [1.54, 1.807) is 11.8 Å². The molecule has 6 heteroatoms. The lowest BCUT2D eigenvalue weighted by Gasteiger charge is -2.31. The molecule has 114 valence electrons. The van der Waals surface area contributed by atoms with Crippen LogP contribution in [0, 0.1) is 23.2 Å². The first-order valence-electron chi connectivity index (χ1n) is 6.97. The van der Waals surface area contributed by atoms with Crippen LogP contribution in [0.25, 0.3) is 0 Å². The summed E-state index contributed by atoms with van der Waals surface area (Å²) in [6.45, 7) is 9.00. The first kappa shape index (κ1) is 18.2. The van der Waals surface area contributed by atoms with Gasteiger partial charge < -0.3 is 14.9 Å². The number of nitrogens with zero attached hydrogens (tertiary/aromatic N) is 3. The molecule has 0 heterocycles. The summed E-state index contributed by atoms with van der Waals surface area (Å²) in [5, 5.41) is 17.6. The molecule has 0 aliphatic carbocycles. The molecule has 0 saturated heterocycles. The molecule has 0 aromatic rings. The smallest absolute Gasteiger partial charge is 0.320 e. The van der Waals surface area contributed by atoms with Crippen molar-refractivity contribution >= 4 is 12.0 Å². The third kappa shape index (κ3) is 6.41. The predicted octanol–water partition coefficient (Wildman–Crippen LogP) is 2.02. The Balaban J connectivity index is 4.80. The maximum absolute atomic E-state index is 12.4. The van der Waals surface area contributed by atoms with Crippen LogP contribution in [-0.2, 0) is 4.79 Å². The van der Waals surface area contributed by atoms with Gasteiger partial charge in [-0.2, -0.15) is 5.26 Å². The number of aliphatic carboxylic acids is 1. The minimum absolute atomic E-state index is 0.186. The van der Waals surface area contributed by atoms with Gasteiger partial charge >= 0.3 is 12.0 Å². The fourth-order valence-corrected chi connectivity index (χ4v) is 1.84. The average molecular weight is 283 g/mol. The van der Waals surface area contributed by atoms with Gasteiger partial charge in [0.25, 0.3) is 0 Å². The fraction of sp³-hybridized carbons (Fsp3) is 0.786. The Bertz CT molecular complexity index is 363. The lowest BCUT2D eigenvalue weighted by atomic mass is 10.1. The third-order valence-electron chi connectivity index (χ3n) is 2.92. The molecule has 0 rings (SSSR count). The van der Waals surface area contributed by atoms with Crippen molar-refractivity contribution in [2.75, 3.05) is 26.2 Å². The number of carbonyl (C=O) groups is 2. The Morgan fingerprint density at radius 1 is 1.20 bits per heavy atom. The van der Waals surface area contributed by atoms with Crippen LogP contribution in [0.5, 0.6) is 0 Å². The molecule has 0 fully saturated rings. The molecule has 0 aromatic heterocycles. The molecule has 0 aliphatic heterocycles. The average Bonchev–Trinajstić information content (AvgIpc) is 2.39. The fourth-order valence-electron chi connectivity index (χ4n) is 1.84. The topological polar surface area (TPSA) is 84.6 Å². The summed E-state index contributed by atoms with van der Waals surface area (Å²) < 4.78 is 0. The zero-order valence-electron chi connectivity index (χ0n) is 12.8. The lowest BCUT2D eigenvalue weighted by molar-refractivity contribution is -0.141. The van der Waals surface area contributed by atoms with Crippen molar-refractivity contribution in [1.29, 1.82) is 5.26 Å². The van der Waals surface area contributed by atoms with Gasteiger partial charge in [0.05, 0.1) is 18.4 Å². The van der Waals surface area contributed by atoms with Crippen LogP contribution in [0.3, 0.4) is 0 Å². The normalized spacial score (nSPS) is 11.8. The van der Waals surface area contributed by atoms with E-state index in [9.17, 15) is 9.59 Å². The molecular weight excluding hydrogens is 258 g/mol. The lowest BCUT2D eigenvalue weighted by Crippen LogP contribution is -2.47. The van der Waals surface area contributed by atoms with Crippen LogP contribution in [0.1, 0.15) is 34.1 Å². The van der Waals surface area contributed by atoms with Crippen LogP contribution < -0.4 is 0 Å². The van der Waals surface area contributed by atoms with E-state index in [-0.39, 0.29) is 19.0 Å². The van der Waals surface area contributed by atoms with E-state index in [1.165, 1.54) is 4.90 Å². The van der Waals surface area contributed by atoms with E-state index >= 15 is 0 Å². The molecule has 1 atom stereocenters.